The van der Waals surface area contributed by atoms with Crippen LogP contribution in [-0.2, 0) is 11.3 Å². The Morgan fingerprint density at radius 1 is 1.15 bits per heavy atom. The van der Waals surface area contributed by atoms with Gasteiger partial charge in [0.1, 0.15) is 5.82 Å². The number of hydrogen-bond donors (Lipinski definition) is 1. The predicted molar refractivity (Wildman–Crippen MR) is 108 cm³/mol. The van der Waals surface area contributed by atoms with Gasteiger partial charge in [0.05, 0.1) is 12.3 Å². The highest BCUT2D eigenvalue weighted by Gasteiger charge is 2.30. The number of carbonyl (C=O) groups excluding carboxylic acids is 1. The molecule has 2 aliphatic carbocycles. The van der Waals surface area contributed by atoms with Crippen LogP contribution in [0.4, 0.5) is 0 Å². The van der Waals surface area contributed by atoms with Gasteiger partial charge < -0.3 is 9.88 Å². The van der Waals surface area contributed by atoms with E-state index in [0.717, 1.165) is 23.9 Å². The standard InChI is InChI=1S/C21H28N4OS/c1-15-7-5-6-10-18(15)22-19(26)14-27-21-24-23-20(17-11-12-17)25(21)13-16-8-3-2-4-9-16/h2-4,8-9,15,17-18H,5-7,10-14H2,1H3,(H,22,26). The molecule has 1 aromatic carbocycles. The summed E-state index contributed by atoms with van der Waals surface area (Å²) in [5.74, 6) is 2.70. The second-order valence-electron chi connectivity index (χ2n) is 7.91. The number of carbonyl (C=O) groups is 1. The van der Waals surface area contributed by atoms with E-state index in [1.54, 1.807) is 0 Å². The Morgan fingerprint density at radius 2 is 1.93 bits per heavy atom. The second-order valence-corrected chi connectivity index (χ2v) is 8.85. The Hall–Kier alpha value is -1.82. The fourth-order valence-electron chi connectivity index (χ4n) is 3.87. The van der Waals surface area contributed by atoms with Crippen molar-refractivity contribution in [2.75, 3.05) is 5.75 Å². The lowest BCUT2D eigenvalue weighted by atomic mass is 9.86. The lowest BCUT2D eigenvalue weighted by Gasteiger charge is -2.29. The van der Waals surface area contributed by atoms with Gasteiger partial charge in [-0.2, -0.15) is 0 Å². The summed E-state index contributed by atoms with van der Waals surface area (Å²) in [6.45, 7) is 3.01. The molecule has 2 aromatic rings. The van der Waals surface area contributed by atoms with Crippen molar-refractivity contribution in [1.29, 1.82) is 0 Å². The molecule has 1 amide bonds. The summed E-state index contributed by atoms with van der Waals surface area (Å²) in [6, 6.07) is 10.7. The largest absolute Gasteiger partial charge is 0.352 e. The summed E-state index contributed by atoms with van der Waals surface area (Å²) in [4.78, 5) is 12.5. The molecule has 0 bridgehead atoms. The molecule has 0 spiro atoms. The lowest BCUT2D eigenvalue weighted by Crippen LogP contribution is -2.41. The van der Waals surface area contributed by atoms with Crippen molar-refractivity contribution in [3.8, 4) is 0 Å². The first-order valence-electron chi connectivity index (χ1n) is 10.1. The van der Waals surface area contributed by atoms with Gasteiger partial charge in [0.15, 0.2) is 5.16 Å². The molecule has 0 saturated heterocycles. The lowest BCUT2D eigenvalue weighted by molar-refractivity contribution is -0.119. The monoisotopic (exact) mass is 384 g/mol. The van der Waals surface area contributed by atoms with E-state index < -0.39 is 0 Å². The van der Waals surface area contributed by atoms with E-state index >= 15 is 0 Å². The minimum Gasteiger partial charge on any atom is -0.352 e. The fraction of sp³-hybridized carbons (Fsp3) is 0.571. The number of benzene rings is 1. The maximum atomic E-state index is 12.5. The first-order chi connectivity index (χ1) is 13.2. The van der Waals surface area contributed by atoms with E-state index in [1.165, 1.54) is 49.4 Å². The first kappa shape index (κ1) is 18.5. The molecule has 5 nitrogen and oxygen atoms in total. The molecular formula is C21H28N4OS. The van der Waals surface area contributed by atoms with Crippen LogP contribution in [0, 0.1) is 5.92 Å². The van der Waals surface area contributed by atoms with Crippen LogP contribution in [0.5, 0.6) is 0 Å². The minimum absolute atomic E-state index is 0.112. The van der Waals surface area contributed by atoms with E-state index in [4.69, 9.17) is 0 Å². The normalized spacial score (nSPS) is 22.6. The highest BCUT2D eigenvalue weighted by atomic mass is 32.2. The number of rotatable bonds is 7. The third-order valence-electron chi connectivity index (χ3n) is 5.66. The van der Waals surface area contributed by atoms with E-state index in [0.29, 0.717) is 23.6 Å². The third kappa shape index (κ3) is 4.72. The summed E-state index contributed by atoms with van der Waals surface area (Å²) >= 11 is 1.51. The van der Waals surface area contributed by atoms with Crippen molar-refractivity contribution in [3.05, 3.63) is 41.7 Å². The van der Waals surface area contributed by atoms with Crippen LogP contribution in [0.2, 0.25) is 0 Å². The molecule has 0 aliphatic heterocycles. The SMILES string of the molecule is CC1CCCCC1NC(=O)CSc1nnc(C2CC2)n1Cc1ccccc1. The number of nitrogens with zero attached hydrogens (tertiary/aromatic N) is 3. The van der Waals surface area contributed by atoms with Gasteiger partial charge in [0.2, 0.25) is 5.91 Å². The molecule has 2 aliphatic rings. The van der Waals surface area contributed by atoms with Crippen molar-refractivity contribution in [1.82, 2.24) is 20.1 Å². The highest BCUT2D eigenvalue weighted by Crippen LogP contribution is 2.40. The number of nitrogens with one attached hydrogen (secondary N) is 1. The Bertz CT molecular complexity index is 772. The maximum Gasteiger partial charge on any atom is 0.230 e. The van der Waals surface area contributed by atoms with Crippen molar-refractivity contribution >= 4 is 17.7 Å². The quantitative estimate of drug-likeness (QED) is 0.733. The summed E-state index contributed by atoms with van der Waals surface area (Å²) < 4.78 is 2.20. The zero-order chi connectivity index (χ0) is 18.6. The Morgan fingerprint density at radius 3 is 2.67 bits per heavy atom. The average molecular weight is 385 g/mol. The van der Waals surface area contributed by atoms with Crippen molar-refractivity contribution in [2.24, 2.45) is 5.92 Å². The number of hydrogen-bond acceptors (Lipinski definition) is 4. The Balaban J connectivity index is 1.40. The third-order valence-corrected chi connectivity index (χ3v) is 6.63. The molecule has 2 unspecified atom stereocenters. The van der Waals surface area contributed by atoms with Gasteiger partial charge in [-0.25, -0.2) is 0 Å². The maximum absolute atomic E-state index is 12.5. The van der Waals surface area contributed by atoms with Crippen LogP contribution in [0.15, 0.2) is 35.5 Å². The molecule has 6 heteroatoms. The van der Waals surface area contributed by atoms with Gasteiger partial charge in [-0.05, 0) is 37.2 Å². The smallest absolute Gasteiger partial charge is 0.230 e. The van der Waals surface area contributed by atoms with Gasteiger partial charge in [-0.1, -0.05) is 61.9 Å². The van der Waals surface area contributed by atoms with Crippen molar-refractivity contribution in [3.63, 3.8) is 0 Å². The number of amides is 1. The number of aromatic nitrogens is 3. The van der Waals surface area contributed by atoms with Crippen LogP contribution >= 0.6 is 11.8 Å². The summed E-state index contributed by atoms with van der Waals surface area (Å²) in [6.07, 6.45) is 7.21. The van der Waals surface area contributed by atoms with Gasteiger partial charge >= 0.3 is 0 Å². The van der Waals surface area contributed by atoms with Gasteiger partial charge in [-0.15, -0.1) is 10.2 Å². The zero-order valence-corrected chi connectivity index (χ0v) is 16.8. The van der Waals surface area contributed by atoms with Crippen LogP contribution < -0.4 is 5.32 Å². The van der Waals surface area contributed by atoms with E-state index in [2.05, 4.69) is 51.3 Å². The summed E-state index contributed by atoms with van der Waals surface area (Å²) in [5.41, 5.74) is 1.24. The molecule has 2 atom stereocenters. The zero-order valence-electron chi connectivity index (χ0n) is 15.9. The molecule has 1 heterocycles. The molecule has 2 fully saturated rings. The van der Waals surface area contributed by atoms with Crippen LogP contribution in [0.3, 0.4) is 0 Å². The minimum atomic E-state index is 0.112. The molecule has 1 N–H and O–H groups in total. The van der Waals surface area contributed by atoms with Crippen LogP contribution in [0.1, 0.15) is 62.8 Å². The molecular weight excluding hydrogens is 356 g/mol. The van der Waals surface area contributed by atoms with Crippen LogP contribution in [-0.4, -0.2) is 32.5 Å². The molecule has 4 rings (SSSR count). The molecule has 2 saturated carbocycles. The van der Waals surface area contributed by atoms with Crippen LogP contribution in [0.25, 0.3) is 0 Å². The average Bonchev–Trinajstić information content (AvgIpc) is 3.45. The summed E-state index contributed by atoms with van der Waals surface area (Å²) in [7, 11) is 0. The van der Waals surface area contributed by atoms with Gasteiger partial charge in [0, 0.05) is 12.0 Å². The Labute approximate surface area is 165 Å². The van der Waals surface area contributed by atoms with Gasteiger partial charge in [0.25, 0.3) is 0 Å². The molecule has 1 aromatic heterocycles. The predicted octanol–water partition coefficient (Wildman–Crippen LogP) is 3.99. The second kappa shape index (κ2) is 8.46. The number of thioether (sulfide) groups is 1. The van der Waals surface area contributed by atoms with E-state index in [9.17, 15) is 4.79 Å². The molecule has 0 radical (unpaired) electrons. The molecule has 144 valence electrons. The van der Waals surface area contributed by atoms with Crippen molar-refractivity contribution < 1.29 is 4.79 Å². The summed E-state index contributed by atoms with van der Waals surface area (Å²) in [5, 5.41) is 12.9. The Kier molecular flexibility index (Phi) is 5.81. The first-order valence-corrected chi connectivity index (χ1v) is 11.1. The van der Waals surface area contributed by atoms with E-state index in [1.807, 2.05) is 6.07 Å². The topological polar surface area (TPSA) is 59.8 Å². The fourth-order valence-corrected chi connectivity index (χ4v) is 4.63. The van der Waals surface area contributed by atoms with E-state index in [-0.39, 0.29) is 5.91 Å². The van der Waals surface area contributed by atoms with Crippen molar-refractivity contribution in [2.45, 2.75) is 69.1 Å². The highest BCUT2D eigenvalue weighted by molar-refractivity contribution is 7.99. The van der Waals surface area contributed by atoms with Gasteiger partial charge in [-0.3, -0.25) is 4.79 Å². The molecule has 27 heavy (non-hydrogen) atoms.